The van der Waals surface area contributed by atoms with Gasteiger partial charge in [0, 0.05) is 29.1 Å². The van der Waals surface area contributed by atoms with Crippen molar-refractivity contribution in [2.24, 2.45) is 0 Å². The van der Waals surface area contributed by atoms with Crippen LogP contribution in [0.4, 0.5) is 11.4 Å². The van der Waals surface area contributed by atoms with Crippen LogP contribution in [0.3, 0.4) is 0 Å². The van der Waals surface area contributed by atoms with Crippen LogP contribution in [0.5, 0.6) is 11.5 Å². The van der Waals surface area contributed by atoms with Crippen LogP contribution in [0.2, 0.25) is 5.02 Å². The summed E-state index contributed by atoms with van der Waals surface area (Å²) in [5.41, 5.74) is 2.49. The molecule has 0 aliphatic carbocycles. The van der Waals surface area contributed by atoms with Crippen LogP contribution in [0, 0.1) is 6.92 Å². The van der Waals surface area contributed by atoms with Gasteiger partial charge in [-0.2, -0.15) is 0 Å². The molecule has 0 saturated heterocycles. The lowest BCUT2D eigenvalue weighted by Crippen LogP contribution is -2.52. The van der Waals surface area contributed by atoms with Gasteiger partial charge in [0.2, 0.25) is 0 Å². The van der Waals surface area contributed by atoms with Crippen molar-refractivity contribution >= 4 is 63.5 Å². The molecule has 1 aliphatic heterocycles. The predicted molar refractivity (Wildman–Crippen MR) is 162 cm³/mol. The number of thiophene rings is 2. The van der Waals surface area contributed by atoms with Crippen molar-refractivity contribution in [3.8, 4) is 22.6 Å². The molecule has 1 amide bonds. The minimum Gasteiger partial charge on any atom is -0.496 e. The Hall–Kier alpha value is -3.86. The van der Waals surface area contributed by atoms with Gasteiger partial charge in [-0.15, -0.1) is 22.7 Å². The van der Waals surface area contributed by atoms with E-state index in [1.54, 1.807) is 47.7 Å². The molecule has 1 aliphatic rings. The largest absolute Gasteiger partial charge is 0.496 e. The number of benzene rings is 2. The van der Waals surface area contributed by atoms with Gasteiger partial charge in [-0.1, -0.05) is 17.7 Å². The van der Waals surface area contributed by atoms with Crippen molar-refractivity contribution in [1.82, 2.24) is 0 Å². The van der Waals surface area contributed by atoms with E-state index in [2.05, 4.69) is 5.32 Å². The Morgan fingerprint density at radius 1 is 1.05 bits per heavy atom. The number of rotatable bonds is 7. The number of amides is 1. The number of likely N-dealkylation sites (N-methyl/N-ethyl adjacent to an activating group) is 1. The number of aryl methyl sites for hydroxylation is 1. The summed E-state index contributed by atoms with van der Waals surface area (Å²) in [4.78, 5) is 42.1. The number of ether oxygens (including phenoxy) is 3. The van der Waals surface area contributed by atoms with Gasteiger partial charge in [0.05, 0.1) is 23.5 Å². The lowest BCUT2D eigenvalue weighted by atomic mass is 9.91. The SMILES string of the molecule is COc1cc(OC(=O)c2sccc2Cl)ccc1-c1ccc2c(c1COC(=O)c1ccc(C)s1)N(C)C(=O)C(C)(C)N2. The molecule has 0 radical (unpaired) electrons. The highest BCUT2D eigenvalue weighted by Crippen LogP contribution is 2.45. The lowest BCUT2D eigenvalue weighted by molar-refractivity contribution is -0.121. The molecule has 11 heteroatoms. The average molecular weight is 611 g/mol. The van der Waals surface area contributed by atoms with E-state index in [1.807, 2.05) is 39.0 Å². The Labute approximate surface area is 250 Å². The predicted octanol–water partition coefficient (Wildman–Crippen LogP) is 7.19. The molecule has 3 heterocycles. The summed E-state index contributed by atoms with van der Waals surface area (Å²) in [7, 11) is 3.22. The van der Waals surface area contributed by atoms with Gasteiger partial charge < -0.3 is 24.4 Å². The number of carbonyl (C=O) groups excluding carboxylic acids is 3. The number of nitrogens with zero attached hydrogens (tertiary/aromatic N) is 1. The van der Waals surface area contributed by atoms with Gasteiger partial charge in [-0.25, -0.2) is 9.59 Å². The first-order valence-corrected chi connectivity index (χ1v) is 14.7. The van der Waals surface area contributed by atoms with E-state index in [-0.39, 0.29) is 18.3 Å². The number of anilines is 2. The minimum absolute atomic E-state index is 0.0925. The Morgan fingerprint density at radius 2 is 1.80 bits per heavy atom. The molecule has 2 aromatic carbocycles. The number of hydrogen-bond donors (Lipinski definition) is 1. The van der Waals surface area contributed by atoms with E-state index in [4.69, 9.17) is 25.8 Å². The maximum atomic E-state index is 13.2. The van der Waals surface area contributed by atoms with Crippen LogP contribution in [0.25, 0.3) is 11.1 Å². The second-order valence-corrected chi connectivity index (χ2v) is 12.5. The summed E-state index contributed by atoms with van der Waals surface area (Å²) in [5, 5.41) is 5.34. The molecule has 8 nitrogen and oxygen atoms in total. The van der Waals surface area contributed by atoms with E-state index >= 15 is 0 Å². The van der Waals surface area contributed by atoms with Crippen LogP contribution >= 0.6 is 34.3 Å². The van der Waals surface area contributed by atoms with Crippen molar-refractivity contribution in [1.29, 1.82) is 0 Å². The van der Waals surface area contributed by atoms with Gasteiger partial charge in [0.25, 0.3) is 5.91 Å². The summed E-state index contributed by atoms with van der Waals surface area (Å²) in [6.45, 7) is 5.45. The number of esters is 2. The van der Waals surface area contributed by atoms with Gasteiger partial charge in [0.15, 0.2) is 0 Å². The van der Waals surface area contributed by atoms with Gasteiger partial charge in [0.1, 0.15) is 33.4 Å². The maximum Gasteiger partial charge on any atom is 0.355 e. The zero-order chi connectivity index (χ0) is 29.5. The fourth-order valence-electron chi connectivity index (χ4n) is 4.73. The van der Waals surface area contributed by atoms with Crippen molar-refractivity contribution in [3.05, 3.63) is 79.1 Å². The highest BCUT2D eigenvalue weighted by Gasteiger charge is 2.39. The third-order valence-electron chi connectivity index (χ3n) is 6.67. The van der Waals surface area contributed by atoms with E-state index in [0.29, 0.717) is 42.9 Å². The monoisotopic (exact) mass is 610 g/mol. The molecule has 0 atom stereocenters. The Morgan fingerprint density at radius 3 is 2.46 bits per heavy atom. The number of halogens is 1. The molecular formula is C30H27ClN2O6S2. The van der Waals surface area contributed by atoms with Crippen LogP contribution in [-0.2, 0) is 16.1 Å². The third-order valence-corrected chi connectivity index (χ3v) is 8.97. The second kappa shape index (κ2) is 11.2. The van der Waals surface area contributed by atoms with Crippen molar-refractivity contribution in [2.75, 3.05) is 24.4 Å². The normalized spacial score (nSPS) is 13.8. The van der Waals surface area contributed by atoms with E-state index < -0.39 is 17.5 Å². The molecule has 0 fully saturated rings. The first kappa shape index (κ1) is 28.7. The zero-order valence-corrected chi connectivity index (χ0v) is 25.4. The van der Waals surface area contributed by atoms with E-state index in [9.17, 15) is 14.4 Å². The molecule has 5 rings (SSSR count). The van der Waals surface area contributed by atoms with E-state index in [0.717, 1.165) is 10.6 Å². The fourth-order valence-corrected chi connectivity index (χ4v) is 6.50. The number of carbonyl (C=O) groups is 3. The summed E-state index contributed by atoms with van der Waals surface area (Å²) in [6.07, 6.45) is 0. The van der Waals surface area contributed by atoms with Crippen LogP contribution in [0.15, 0.2) is 53.9 Å². The summed E-state index contributed by atoms with van der Waals surface area (Å²) in [5.74, 6) is -0.461. The summed E-state index contributed by atoms with van der Waals surface area (Å²) in [6, 6.07) is 14.0. The van der Waals surface area contributed by atoms with E-state index in [1.165, 1.54) is 29.8 Å². The minimum atomic E-state index is -0.819. The molecule has 2 aromatic heterocycles. The lowest BCUT2D eigenvalue weighted by Gasteiger charge is -2.39. The number of methoxy groups -OCH3 is 1. The average Bonchev–Trinajstić information content (AvgIpc) is 3.58. The van der Waals surface area contributed by atoms with Crippen molar-refractivity contribution in [2.45, 2.75) is 32.9 Å². The third kappa shape index (κ3) is 5.55. The number of fused-ring (bicyclic) bond motifs is 1. The zero-order valence-electron chi connectivity index (χ0n) is 23.0. The first-order chi connectivity index (χ1) is 19.5. The Kier molecular flexibility index (Phi) is 7.83. The molecule has 0 saturated carbocycles. The molecule has 1 N–H and O–H groups in total. The summed E-state index contributed by atoms with van der Waals surface area (Å²) < 4.78 is 17.0. The quantitative estimate of drug-likeness (QED) is 0.175. The van der Waals surface area contributed by atoms with Crippen LogP contribution < -0.4 is 19.7 Å². The number of hydrogen-bond acceptors (Lipinski definition) is 9. The maximum absolute atomic E-state index is 13.2. The highest BCUT2D eigenvalue weighted by atomic mass is 35.5. The van der Waals surface area contributed by atoms with Gasteiger partial charge in [-0.3, -0.25) is 4.79 Å². The molecule has 41 heavy (non-hydrogen) atoms. The topological polar surface area (TPSA) is 94.2 Å². The highest BCUT2D eigenvalue weighted by molar-refractivity contribution is 7.13. The molecule has 0 spiro atoms. The van der Waals surface area contributed by atoms with Gasteiger partial charge in [-0.05, 0) is 68.1 Å². The van der Waals surface area contributed by atoms with Crippen molar-refractivity contribution in [3.63, 3.8) is 0 Å². The molecule has 4 aromatic rings. The van der Waals surface area contributed by atoms with Crippen LogP contribution in [0.1, 0.15) is 43.6 Å². The smallest absolute Gasteiger partial charge is 0.355 e. The van der Waals surface area contributed by atoms with Crippen LogP contribution in [-0.4, -0.2) is 37.5 Å². The number of nitrogens with one attached hydrogen (secondary N) is 1. The molecular weight excluding hydrogens is 584 g/mol. The first-order valence-electron chi connectivity index (χ1n) is 12.6. The molecule has 0 bridgehead atoms. The van der Waals surface area contributed by atoms with Gasteiger partial charge >= 0.3 is 11.9 Å². The summed E-state index contributed by atoms with van der Waals surface area (Å²) >= 11 is 8.63. The molecule has 212 valence electrons. The Balaban J connectivity index is 1.55. The standard InChI is InChI=1S/C30H27ClN2O6S2/c1-16-6-11-24(41-16)27(34)38-15-20-18(9-10-22-25(20)33(4)29(36)30(2,3)32-22)19-8-7-17(14-23(19)37-5)39-28(35)26-21(31)12-13-40-26/h6-14,32H,15H2,1-5H3. The fraction of sp³-hybridized carbons (Fsp3) is 0.233. The van der Waals surface area contributed by atoms with Crippen molar-refractivity contribution < 1.29 is 28.6 Å². The Bertz CT molecular complexity index is 1680. The second-order valence-electron chi connectivity index (χ2n) is 9.94. The molecule has 0 unspecified atom stereocenters.